The van der Waals surface area contributed by atoms with Crippen molar-refractivity contribution in [3.63, 3.8) is 0 Å². The van der Waals surface area contributed by atoms with Gasteiger partial charge in [0.25, 0.3) is 0 Å². The molecule has 6 heteroatoms. The maximum absolute atomic E-state index is 11.2. The summed E-state index contributed by atoms with van der Waals surface area (Å²) in [6.07, 6.45) is 2.11. The van der Waals surface area contributed by atoms with Crippen LogP contribution in [0.4, 0.5) is 0 Å². The van der Waals surface area contributed by atoms with Gasteiger partial charge in [-0.2, -0.15) is 0 Å². The van der Waals surface area contributed by atoms with Gasteiger partial charge in [0, 0.05) is 39.8 Å². The molecule has 6 nitrogen and oxygen atoms in total. The van der Waals surface area contributed by atoms with Crippen molar-refractivity contribution in [2.45, 2.75) is 40.0 Å². The van der Waals surface area contributed by atoms with E-state index in [2.05, 4.69) is 29.5 Å². The van der Waals surface area contributed by atoms with Gasteiger partial charge in [0.2, 0.25) is 0 Å². The number of hydrogen-bond donors (Lipinski definition) is 2. The van der Waals surface area contributed by atoms with Crippen molar-refractivity contribution in [1.29, 1.82) is 0 Å². The topological polar surface area (TPSA) is 72.0 Å². The van der Waals surface area contributed by atoms with E-state index in [1.54, 1.807) is 7.05 Å². The van der Waals surface area contributed by atoms with Crippen molar-refractivity contribution >= 4 is 11.9 Å². The molecule has 0 atom stereocenters. The third-order valence-corrected chi connectivity index (χ3v) is 2.59. The minimum Gasteiger partial charge on any atom is -0.466 e. The summed E-state index contributed by atoms with van der Waals surface area (Å²) in [5.41, 5.74) is 0. The number of hydrogen-bond acceptors (Lipinski definition) is 4. The van der Waals surface area contributed by atoms with Crippen LogP contribution in [0, 0.1) is 5.92 Å². The zero-order valence-electron chi connectivity index (χ0n) is 13.9. The van der Waals surface area contributed by atoms with E-state index in [9.17, 15) is 4.79 Å². The second kappa shape index (κ2) is 13.7. The zero-order chi connectivity index (χ0) is 15.9. The molecule has 0 rings (SSSR count). The highest BCUT2D eigenvalue weighted by molar-refractivity contribution is 5.79. The number of esters is 1. The van der Waals surface area contributed by atoms with Crippen LogP contribution >= 0.6 is 0 Å². The maximum atomic E-state index is 11.2. The fourth-order valence-corrected chi connectivity index (χ4v) is 1.59. The van der Waals surface area contributed by atoms with Crippen LogP contribution in [0.2, 0.25) is 0 Å². The van der Waals surface area contributed by atoms with E-state index in [1.807, 2.05) is 6.92 Å². The Morgan fingerprint density at radius 2 is 1.86 bits per heavy atom. The van der Waals surface area contributed by atoms with Crippen molar-refractivity contribution in [3.8, 4) is 0 Å². The molecule has 2 N–H and O–H groups in total. The molecule has 0 aliphatic heterocycles. The summed E-state index contributed by atoms with van der Waals surface area (Å²) in [6, 6.07) is 0. The van der Waals surface area contributed by atoms with Gasteiger partial charge < -0.3 is 20.1 Å². The first kappa shape index (κ1) is 19.7. The van der Waals surface area contributed by atoms with Crippen LogP contribution < -0.4 is 10.6 Å². The number of aliphatic imine (C=N–C) groups is 1. The largest absolute Gasteiger partial charge is 0.466 e. The van der Waals surface area contributed by atoms with Gasteiger partial charge in [-0.3, -0.25) is 9.79 Å². The molecule has 0 aliphatic carbocycles. The molecule has 0 aliphatic rings. The van der Waals surface area contributed by atoms with E-state index in [-0.39, 0.29) is 5.97 Å². The van der Waals surface area contributed by atoms with E-state index < -0.39 is 0 Å². The van der Waals surface area contributed by atoms with Crippen LogP contribution in [-0.2, 0) is 14.3 Å². The number of ether oxygens (including phenoxy) is 2. The quantitative estimate of drug-likeness (QED) is 0.262. The van der Waals surface area contributed by atoms with Crippen LogP contribution in [0.3, 0.4) is 0 Å². The highest BCUT2D eigenvalue weighted by Gasteiger charge is 2.02. The van der Waals surface area contributed by atoms with Crippen LogP contribution in [-0.4, -0.2) is 51.9 Å². The lowest BCUT2D eigenvalue weighted by molar-refractivity contribution is -0.143. The summed E-state index contributed by atoms with van der Waals surface area (Å²) in [6.45, 7) is 9.60. The van der Waals surface area contributed by atoms with E-state index >= 15 is 0 Å². The fourth-order valence-electron chi connectivity index (χ4n) is 1.59. The molecule has 0 fully saturated rings. The molecule has 0 aromatic heterocycles. The molecule has 0 aromatic carbocycles. The average molecular weight is 301 g/mol. The van der Waals surface area contributed by atoms with Gasteiger partial charge in [-0.25, -0.2) is 0 Å². The molecule has 21 heavy (non-hydrogen) atoms. The van der Waals surface area contributed by atoms with Crippen molar-refractivity contribution in [2.75, 3.05) is 40.0 Å². The van der Waals surface area contributed by atoms with E-state index in [0.717, 1.165) is 38.6 Å². The van der Waals surface area contributed by atoms with Gasteiger partial charge >= 0.3 is 5.97 Å². The Kier molecular flexibility index (Phi) is 12.8. The number of carbonyl (C=O) groups excluding carboxylic acids is 1. The predicted molar refractivity (Wildman–Crippen MR) is 85.5 cm³/mol. The van der Waals surface area contributed by atoms with Crippen molar-refractivity contribution in [2.24, 2.45) is 10.9 Å². The van der Waals surface area contributed by atoms with E-state index in [0.29, 0.717) is 25.5 Å². The summed E-state index contributed by atoms with van der Waals surface area (Å²) < 4.78 is 10.4. The normalized spacial score (nSPS) is 11.6. The molecule has 124 valence electrons. The van der Waals surface area contributed by atoms with Gasteiger partial charge in [0.1, 0.15) is 0 Å². The molecule has 0 aromatic rings. The zero-order valence-corrected chi connectivity index (χ0v) is 13.9. The summed E-state index contributed by atoms with van der Waals surface area (Å²) in [5.74, 6) is 1.18. The average Bonchev–Trinajstić information content (AvgIpc) is 2.44. The minimum absolute atomic E-state index is 0.149. The van der Waals surface area contributed by atoms with E-state index in [1.165, 1.54) is 0 Å². The lowest BCUT2D eigenvalue weighted by Gasteiger charge is -2.12. The van der Waals surface area contributed by atoms with Crippen molar-refractivity contribution in [1.82, 2.24) is 10.6 Å². The summed E-state index contributed by atoms with van der Waals surface area (Å²) in [7, 11) is 1.73. The number of nitrogens with zero attached hydrogens (tertiary/aromatic N) is 1. The molecule has 0 bridgehead atoms. The first-order valence-corrected chi connectivity index (χ1v) is 7.78. The molecule has 0 heterocycles. The highest BCUT2D eigenvalue weighted by atomic mass is 16.5. The second-order valence-corrected chi connectivity index (χ2v) is 5.16. The first-order chi connectivity index (χ1) is 10.1. The molecular formula is C15H31N3O3. The van der Waals surface area contributed by atoms with Gasteiger partial charge in [0.05, 0.1) is 6.61 Å². The molecule has 0 spiro atoms. The Bertz CT molecular complexity index is 294. The maximum Gasteiger partial charge on any atom is 0.305 e. The molecule has 0 unspecified atom stereocenters. The van der Waals surface area contributed by atoms with Crippen LogP contribution in [0.5, 0.6) is 0 Å². The Labute approximate surface area is 128 Å². The lowest BCUT2D eigenvalue weighted by atomic mass is 10.2. The highest BCUT2D eigenvalue weighted by Crippen LogP contribution is 1.93. The summed E-state index contributed by atoms with van der Waals surface area (Å²) in [4.78, 5) is 15.3. The first-order valence-electron chi connectivity index (χ1n) is 7.78. The number of carbonyl (C=O) groups is 1. The SMILES string of the molecule is CCOC(=O)CCCNC(=NC)NCCCOCC(C)C. The van der Waals surface area contributed by atoms with Crippen LogP contribution in [0.15, 0.2) is 4.99 Å². The monoisotopic (exact) mass is 301 g/mol. The smallest absolute Gasteiger partial charge is 0.305 e. The molecule has 0 saturated heterocycles. The molecular weight excluding hydrogens is 270 g/mol. The second-order valence-electron chi connectivity index (χ2n) is 5.16. The van der Waals surface area contributed by atoms with E-state index in [4.69, 9.17) is 9.47 Å². The summed E-state index contributed by atoms with van der Waals surface area (Å²) >= 11 is 0. The Hall–Kier alpha value is -1.30. The number of rotatable bonds is 11. The fraction of sp³-hybridized carbons (Fsp3) is 0.867. The number of nitrogens with one attached hydrogen (secondary N) is 2. The minimum atomic E-state index is -0.149. The van der Waals surface area contributed by atoms with Gasteiger partial charge in [0.15, 0.2) is 5.96 Å². The van der Waals surface area contributed by atoms with Crippen LogP contribution in [0.1, 0.15) is 40.0 Å². The van der Waals surface area contributed by atoms with Crippen molar-refractivity contribution in [3.05, 3.63) is 0 Å². The van der Waals surface area contributed by atoms with Gasteiger partial charge in [-0.1, -0.05) is 13.8 Å². The van der Waals surface area contributed by atoms with Crippen LogP contribution in [0.25, 0.3) is 0 Å². The summed E-state index contributed by atoms with van der Waals surface area (Å²) in [5, 5.41) is 6.38. The molecule has 0 saturated carbocycles. The molecule has 0 amide bonds. The Morgan fingerprint density at radius 1 is 1.19 bits per heavy atom. The Balaban J connectivity index is 3.53. The third kappa shape index (κ3) is 13.4. The van der Waals surface area contributed by atoms with Crippen molar-refractivity contribution < 1.29 is 14.3 Å². The van der Waals surface area contributed by atoms with Gasteiger partial charge in [-0.15, -0.1) is 0 Å². The lowest BCUT2D eigenvalue weighted by Crippen LogP contribution is -2.38. The predicted octanol–water partition coefficient (Wildman–Crippen LogP) is 1.56. The number of guanidine groups is 1. The third-order valence-electron chi connectivity index (χ3n) is 2.59. The Morgan fingerprint density at radius 3 is 2.43 bits per heavy atom. The standard InChI is InChI=1S/C15H31N3O3/c1-5-21-14(19)8-6-9-17-15(16-4)18-10-7-11-20-12-13(2)3/h13H,5-12H2,1-4H3,(H2,16,17,18). The van der Waals surface area contributed by atoms with Gasteiger partial charge in [-0.05, 0) is 25.7 Å². The molecule has 0 radical (unpaired) electrons.